The van der Waals surface area contributed by atoms with Crippen LogP contribution in [0.2, 0.25) is 0 Å². The molecule has 0 heterocycles. The van der Waals surface area contributed by atoms with E-state index in [1.54, 1.807) is 6.08 Å². The Morgan fingerprint density at radius 1 is 0.708 bits per heavy atom. The molecule has 0 radical (unpaired) electrons. The van der Waals surface area contributed by atoms with Crippen molar-refractivity contribution in [2.45, 2.75) is 174 Å². The minimum atomic E-state index is -4.76. The molecule has 0 aromatic heterocycles. The summed E-state index contributed by atoms with van der Waals surface area (Å²) in [5.74, 6) is -0.0970. The van der Waals surface area contributed by atoms with Gasteiger partial charge < -0.3 is 24.4 Å². The molecule has 0 rings (SSSR count). The lowest BCUT2D eigenvalue weighted by Gasteiger charge is -2.18. The predicted molar refractivity (Wildman–Crippen MR) is 194 cm³/mol. The molecule has 48 heavy (non-hydrogen) atoms. The summed E-state index contributed by atoms with van der Waals surface area (Å²) in [6, 6.07) is 0. The van der Waals surface area contributed by atoms with Gasteiger partial charge in [0.25, 0.3) is 0 Å². The van der Waals surface area contributed by atoms with Crippen LogP contribution in [0.5, 0.6) is 0 Å². The van der Waals surface area contributed by atoms with Crippen LogP contribution in [0.3, 0.4) is 0 Å². The van der Waals surface area contributed by atoms with Crippen LogP contribution in [0.15, 0.2) is 36.5 Å². The number of allylic oxidation sites excluding steroid dienone is 4. The summed E-state index contributed by atoms with van der Waals surface area (Å²) in [6.45, 7) is 5.78. The molecule has 0 bridgehead atoms. The van der Waals surface area contributed by atoms with Crippen molar-refractivity contribution in [3.05, 3.63) is 36.5 Å². The van der Waals surface area contributed by atoms with Gasteiger partial charge in [0.1, 0.15) is 6.61 Å². The van der Waals surface area contributed by atoms with E-state index in [-0.39, 0.29) is 19.4 Å². The van der Waals surface area contributed by atoms with Gasteiger partial charge in [-0.15, -0.1) is 0 Å². The molecule has 0 saturated heterocycles. The Morgan fingerprint density at radius 2 is 1.27 bits per heavy atom. The van der Waals surface area contributed by atoms with Crippen LogP contribution >= 0.6 is 7.82 Å². The first-order valence-electron chi connectivity index (χ1n) is 18.8. The van der Waals surface area contributed by atoms with Crippen LogP contribution < -0.4 is 0 Å². The number of esters is 2. The van der Waals surface area contributed by atoms with Gasteiger partial charge in [-0.05, 0) is 44.4 Å². The highest BCUT2D eigenvalue weighted by Gasteiger charge is 2.22. The predicted octanol–water partition coefficient (Wildman–Crippen LogP) is 9.84. The van der Waals surface area contributed by atoms with Crippen molar-refractivity contribution in [1.29, 1.82) is 0 Å². The standard InChI is InChI=1S/C38H69O9P/c1-4-6-22-28-35(39)29-24-19-15-11-9-13-16-20-25-30-37(40)45-32-36(33-46-48(42,43)44)47-38(41)31-26-21-17-12-8-7-10-14-18-23-27-34(3)5-2/h6,15,19,22,24,29,34-36,39H,4-5,7-14,16-18,20-21,23,25-28,30-33H2,1-3H3,(H2,42,43,44)/b19-15+,22-6+,29-24+/t34?,35?,36-/m1/s1. The van der Waals surface area contributed by atoms with E-state index >= 15 is 0 Å². The molecule has 0 aromatic carbocycles. The van der Waals surface area contributed by atoms with Gasteiger partial charge in [0, 0.05) is 12.8 Å². The van der Waals surface area contributed by atoms with Crippen LogP contribution in [-0.2, 0) is 28.2 Å². The zero-order chi connectivity index (χ0) is 35.7. The maximum absolute atomic E-state index is 12.4. The Balaban J connectivity index is 4.05. The van der Waals surface area contributed by atoms with E-state index in [2.05, 4.69) is 31.4 Å². The number of aliphatic hydroxyl groups is 1. The number of ether oxygens (including phenoxy) is 2. The van der Waals surface area contributed by atoms with Gasteiger partial charge >= 0.3 is 19.8 Å². The van der Waals surface area contributed by atoms with Crippen LogP contribution in [0.25, 0.3) is 0 Å². The molecule has 2 unspecified atom stereocenters. The summed E-state index contributed by atoms with van der Waals surface area (Å²) in [7, 11) is -4.76. The molecule has 0 spiro atoms. The Hall–Kier alpha value is -1.77. The number of phosphoric ester groups is 1. The highest BCUT2D eigenvalue weighted by Crippen LogP contribution is 2.36. The van der Waals surface area contributed by atoms with E-state index in [0.717, 1.165) is 63.7 Å². The van der Waals surface area contributed by atoms with Gasteiger partial charge in [0.05, 0.1) is 12.7 Å². The van der Waals surface area contributed by atoms with Crippen molar-refractivity contribution in [2.75, 3.05) is 13.2 Å². The second kappa shape index (κ2) is 32.4. The topological polar surface area (TPSA) is 140 Å². The zero-order valence-corrected chi connectivity index (χ0v) is 31.3. The zero-order valence-electron chi connectivity index (χ0n) is 30.4. The number of rotatable bonds is 33. The molecule has 0 aromatic rings. The minimum absolute atomic E-state index is 0.198. The average Bonchev–Trinajstić information content (AvgIpc) is 3.04. The second-order valence-electron chi connectivity index (χ2n) is 13.0. The molecule has 9 nitrogen and oxygen atoms in total. The van der Waals surface area contributed by atoms with Gasteiger partial charge in [0.2, 0.25) is 0 Å². The Labute approximate surface area is 292 Å². The van der Waals surface area contributed by atoms with Crippen LogP contribution in [-0.4, -0.2) is 52.3 Å². The van der Waals surface area contributed by atoms with E-state index in [4.69, 9.17) is 19.3 Å². The molecule has 3 atom stereocenters. The van der Waals surface area contributed by atoms with E-state index in [9.17, 15) is 19.3 Å². The lowest BCUT2D eigenvalue weighted by Crippen LogP contribution is -2.29. The van der Waals surface area contributed by atoms with Crippen molar-refractivity contribution >= 4 is 19.8 Å². The summed E-state index contributed by atoms with van der Waals surface area (Å²) in [5, 5.41) is 9.82. The fourth-order valence-electron chi connectivity index (χ4n) is 5.09. The van der Waals surface area contributed by atoms with E-state index in [1.807, 2.05) is 24.3 Å². The molecule has 3 N–H and O–H groups in total. The van der Waals surface area contributed by atoms with Gasteiger partial charge in [-0.3, -0.25) is 14.1 Å². The first-order valence-corrected chi connectivity index (χ1v) is 20.3. The third kappa shape index (κ3) is 34.1. The fraction of sp³-hybridized carbons (Fsp3) is 0.789. The van der Waals surface area contributed by atoms with Crippen molar-refractivity contribution in [3.8, 4) is 0 Å². The largest absolute Gasteiger partial charge is 0.469 e. The van der Waals surface area contributed by atoms with Crippen LogP contribution in [0.1, 0.15) is 162 Å². The molecule has 0 aliphatic rings. The molecule has 0 amide bonds. The Bertz CT molecular complexity index is 912. The van der Waals surface area contributed by atoms with Crippen molar-refractivity contribution in [1.82, 2.24) is 0 Å². The Morgan fingerprint density at radius 3 is 1.85 bits per heavy atom. The number of carbonyl (C=O) groups excluding carboxylic acids is 2. The van der Waals surface area contributed by atoms with Gasteiger partial charge in [-0.25, -0.2) is 4.57 Å². The number of aliphatic hydroxyl groups excluding tert-OH is 1. The SMILES string of the molecule is CC/C=C/CC(O)/C=C/C=C/CCCCCCCC(=O)OC[C@H](COP(=O)(O)O)OC(=O)CCCCCCCCCCCCC(C)CC. The number of hydrogen-bond acceptors (Lipinski definition) is 7. The van der Waals surface area contributed by atoms with Gasteiger partial charge in [-0.1, -0.05) is 147 Å². The maximum Gasteiger partial charge on any atom is 0.469 e. The second-order valence-corrected chi connectivity index (χ2v) is 14.2. The summed E-state index contributed by atoms with van der Waals surface area (Å²) >= 11 is 0. The number of phosphoric acid groups is 1. The molecule has 0 fully saturated rings. The smallest absolute Gasteiger partial charge is 0.462 e. The van der Waals surface area contributed by atoms with E-state index in [1.165, 1.54) is 51.4 Å². The van der Waals surface area contributed by atoms with Gasteiger partial charge in [0.15, 0.2) is 6.10 Å². The molecule has 0 aliphatic heterocycles. The van der Waals surface area contributed by atoms with E-state index in [0.29, 0.717) is 19.3 Å². The molecular formula is C38H69O9P. The minimum Gasteiger partial charge on any atom is -0.462 e. The molecule has 10 heteroatoms. The third-order valence-corrected chi connectivity index (χ3v) is 8.78. The normalized spacial score (nSPS) is 14.2. The first kappa shape index (κ1) is 46.2. The molecular weight excluding hydrogens is 631 g/mol. The highest BCUT2D eigenvalue weighted by atomic mass is 31.2. The summed E-state index contributed by atoms with van der Waals surface area (Å²) < 4.78 is 26.3. The summed E-state index contributed by atoms with van der Waals surface area (Å²) in [4.78, 5) is 42.7. The maximum atomic E-state index is 12.4. The van der Waals surface area contributed by atoms with Crippen molar-refractivity contribution in [2.24, 2.45) is 5.92 Å². The third-order valence-electron chi connectivity index (χ3n) is 8.29. The average molecular weight is 701 g/mol. The number of hydrogen-bond donors (Lipinski definition) is 3. The van der Waals surface area contributed by atoms with E-state index < -0.39 is 38.6 Å². The quantitative estimate of drug-likeness (QED) is 0.0201. The lowest BCUT2D eigenvalue weighted by atomic mass is 9.99. The lowest BCUT2D eigenvalue weighted by molar-refractivity contribution is -0.161. The fourth-order valence-corrected chi connectivity index (χ4v) is 5.45. The molecule has 0 aliphatic carbocycles. The monoisotopic (exact) mass is 700 g/mol. The number of unbranched alkanes of at least 4 members (excludes halogenated alkanes) is 14. The summed E-state index contributed by atoms with van der Waals surface area (Å²) in [6.07, 6.45) is 31.9. The van der Waals surface area contributed by atoms with Crippen molar-refractivity contribution < 1.29 is 43.0 Å². The first-order chi connectivity index (χ1) is 23.1. The highest BCUT2D eigenvalue weighted by molar-refractivity contribution is 7.46. The number of carbonyl (C=O) groups is 2. The van der Waals surface area contributed by atoms with Crippen LogP contribution in [0.4, 0.5) is 0 Å². The summed E-state index contributed by atoms with van der Waals surface area (Å²) in [5.41, 5.74) is 0. The van der Waals surface area contributed by atoms with Gasteiger partial charge in [-0.2, -0.15) is 0 Å². The van der Waals surface area contributed by atoms with Crippen LogP contribution in [0, 0.1) is 5.92 Å². The molecule has 0 saturated carbocycles. The van der Waals surface area contributed by atoms with Crippen molar-refractivity contribution in [3.63, 3.8) is 0 Å². The Kier molecular flexibility index (Phi) is 31.2. The molecule has 280 valence electrons.